The molecule has 1 aliphatic heterocycles. The molecule has 0 spiro atoms. The van der Waals surface area contributed by atoms with Crippen LogP contribution in [0.5, 0.6) is 0 Å². The number of nitrogens with two attached hydrogens (primary N) is 1. The first-order valence-electron chi connectivity index (χ1n) is 7.75. The number of piperidine rings is 1. The third-order valence-electron chi connectivity index (χ3n) is 4.55. The zero-order chi connectivity index (χ0) is 14.7. The lowest BCUT2D eigenvalue weighted by Crippen LogP contribution is -2.47. The maximum atomic E-state index is 6.37. The van der Waals surface area contributed by atoms with E-state index >= 15 is 0 Å². The SMILES string of the molecule is CCC(N)C(c1ccc(C)o1)N1CCC(N(C)C)CC1. The van der Waals surface area contributed by atoms with E-state index in [1.807, 2.05) is 13.0 Å². The van der Waals surface area contributed by atoms with Gasteiger partial charge >= 0.3 is 0 Å². The van der Waals surface area contributed by atoms with Gasteiger partial charge in [0.25, 0.3) is 0 Å². The summed E-state index contributed by atoms with van der Waals surface area (Å²) in [6, 6.07) is 5.18. The third kappa shape index (κ3) is 3.43. The lowest BCUT2D eigenvalue weighted by molar-refractivity contribution is 0.0837. The number of aryl methyl sites for hydroxylation is 1. The van der Waals surface area contributed by atoms with Gasteiger partial charge in [0.05, 0.1) is 6.04 Å². The Kier molecular flexibility index (Phi) is 5.24. The number of hydrogen-bond donors (Lipinski definition) is 1. The summed E-state index contributed by atoms with van der Waals surface area (Å²) in [5.41, 5.74) is 6.37. The molecule has 20 heavy (non-hydrogen) atoms. The first-order chi connectivity index (χ1) is 9.52. The summed E-state index contributed by atoms with van der Waals surface area (Å²) in [6.07, 6.45) is 3.39. The Labute approximate surface area is 122 Å². The Bertz CT molecular complexity index is 408. The molecule has 0 amide bonds. The van der Waals surface area contributed by atoms with E-state index in [0.29, 0.717) is 6.04 Å². The molecular weight excluding hydrogens is 250 g/mol. The van der Waals surface area contributed by atoms with Crippen molar-refractivity contribution in [1.29, 1.82) is 0 Å². The molecule has 1 fully saturated rings. The summed E-state index contributed by atoms with van der Waals surface area (Å²) in [6.45, 7) is 6.35. The lowest BCUT2D eigenvalue weighted by Gasteiger charge is -2.40. The van der Waals surface area contributed by atoms with E-state index in [9.17, 15) is 0 Å². The quantitative estimate of drug-likeness (QED) is 0.899. The molecule has 2 rings (SSSR count). The Morgan fingerprint density at radius 2 is 2.00 bits per heavy atom. The minimum Gasteiger partial charge on any atom is -0.465 e. The predicted molar refractivity (Wildman–Crippen MR) is 82.7 cm³/mol. The fourth-order valence-electron chi connectivity index (χ4n) is 3.18. The average Bonchev–Trinajstić information content (AvgIpc) is 2.85. The Morgan fingerprint density at radius 3 is 2.45 bits per heavy atom. The number of nitrogens with zero attached hydrogens (tertiary/aromatic N) is 2. The summed E-state index contributed by atoms with van der Waals surface area (Å²) in [5, 5.41) is 0. The maximum absolute atomic E-state index is 6.37. The van der Waals surface area contributed by atoms with Crippen LogP contribution in [-0.2, 0) is 0 Å². The summed E-state index contributed by atoms with van der Waals surface area (Å²) in [5.74, 6) is 2.00. The number of rotatable bonds is 5. The van der Waals surface area contributed by atoms with Crippen LogP contribution < -0.4 is 5.73 Å². The van der Waals surface area contributed by atoms with E-state index in [4.69, 9.17) is 10.2 Å². The molecule has 0 radical (unpaired) electrons. The minimum atomic E-state index is 0.136. The van der Waals surface area contributed by atoms with Crippen LogP contribution in [0.1, 0.15) is 43.7 Å². The second-order valence-corrected chi connectivity index (χ2v) is 6.20. The topological polar surface area (TPSA) is 45.6 Å². The summed E-state index contributed by atoms with van der Waals surface area (Å²) in [7, 11) is 4.34. The molecule has 0 saturated carbocycles. The molecule has 1 aromatic heterocycles. The van der Waals surface area contributed by atoms with Gasteiger partial charge in [-0.15, -0.1) is 0 Å². The van der Waals surface area contributed by atoms with Gasteiger partial charge in [-0.3, -0.25) is 4.90 Å². The molecule has 0 aliphatic carbocycles. The second kappa shape index (κ2) is 6.74. The van der Waals surface area contributed by atoms with Crippen LogP contribution in [0.15, 0.2) is 16.5 Å². The van der Waals surface area contributed by atoms with E-state index in [1.54, 1.807) is 0 Å². The van der Waals surface area contributed by atoms with Gasteiger partial charge in [0.15, 0.2) is 0 Å². The molecule has 1 saturated heterocycles. The van der Waals surface area contributed by atoms with Crippen molar-refractivity contribution in [2.75, 3.05) is 27.2 Å². The van der Waals surface area contributed by atoms with Crippen molar-refractivity contribution in [3.63, 3.8) is 0 Å². The summed E-state index contributed by atoms with van der Waals surface area (Å²) in [4.78, 5) is 4.84. The molecule has 2 heterocycles. The van der Waals surface area contributed by atoms with Crippen molar-refractivity contribution in [2.24, 2.45) is 5.73 Å². The normalized spacial score (nSPS) is 21.3. The van der Waals surface area contributed by atoms with Gasteiger partial charge in [-0.1, -0.05) is 6.92 Å². The largest absolute Gasteiger partial charge is 0.465 e. The van der Waals surface area contributed by atoms with Crippen molar-refractivity contribution in [3.05, 3.63) is 23.7 Å². The average molecular weight is 279 g/mol. The van der Waals surface area contributed by atoms with Gasteiger partial charge in [-0.25, -0.2) is 0 Å². The maximum Gasteiger partial charge on any atom is 0.122 e. The van der Waals surface area contributed by atoms with E-state index in [1.165, 1.54) is 12.8 Å². The molecule has 4 nitrogen and oxygen atoms in total. The first kappa shape index (κ1) is 15.5. The minimum absolute atomic E-state index is 0.136. The predicted octanol–water partition coefficient (Wildman–Crippen LogP) is 2.39. The highest BCUT2D eigenvalue weighted by Gasteiger charge is 2.31. The summed E-state index contributed by atoms with van der Waals surface area (Å²) >= 11 is 0. The fourth-order valence-corrected chi connectivity index (χ4v) is 3.18. The van der Waals surface area contributed by atoms with E-state index in [0.717, 1.165) is 31.0 Å². The molecular formula is C16H29N3O. The Morgan fingerprint density at radius 1 is 1.35 bits per heavy atom. The van der Waals surface area contributed by atoms with E-state index in [2.05, 4.69) is 36.9 Å². The Balaban J connectivity index is 2.09. The molecule has 114 valence electrons. The third-order valence-corrected chi connectivity index (χ3v) is 4.55. The van der Waals surface area contributed by atoms with Gasteiger partial charge in [0, 0.05) is 25.2 Å². The van der Waals surface area contributed by atoms with Crippen LogP contribution in [0.2, 0.25) is 0 Å². The van der Waals surface area contributed by atoms with Crippen LogP contribution in [0, 0.1) is 6.92 Å². The zero-order valence-corrected chi connectivity index (χ0v) is 13.3. The lowest BCUT2D eigenvalue weighted by atomic mass is 9.97. The van der Waals surface area contributed by atoms with Crippen LogP contribution >= 0.6 is 0 Å². The molecule has 0 bridgehead atoms. The summed E-state index contributed by atoms with van der Waals surface area (Å²) < 4.78 is 5.86. The van der Waals surface area contributed by atoms with Gasteiger partial charge in [0.2, 0.25) is 0 Å². The van der Waals surface area contributed by atoms with Gasteiger partial charge in [0.1, 0.15) is 11.5 Å². The zero-order valence-electron chi connectivity index (χ0n) is 13.3. The Hall–Kier alpha value is -0.840. The molecule has 4 heteroatoms. The molecule has 0 aromatic carbocycles. The van der Waals surface area contributed by atoms with Crippen LogP contribution in [0.4, 0.5) is 0 Å². The molecule has 2 atom stereocenters. The van der Waals surface area contributed by atoms with Crippen molar-refractivity contribution in [3.8, 4) is 0 Å². The molecule has 2 unspecified atom stereocenters. The smallest absolute Gasteiger partial charge is 0.122 e. The fraction of sp³-hybridized carbons (Fsp3) is 0.750. The number of hydrogen-bond acceptors (Lipinski definition) is 4. The second-order valence-electron chi connectivity index (χ2n) is 6.20. The van der Waals surface area contributed by atoms with Gasteiger partial charge < -0.3 is 15.1 Å². The van der Waals surface area contributed by atoms with Crippen LogP contribution in [-0.4, -0.2) is 49.1 Å². The molecule has 1 aliphatic rings. The monoisotopic (exact) mass is 279 g/mol. The highest BCUT2D eigenvalue weighted by Crippen LogP contribution is 2.30. The van der Waals surface area contributed by atoms with Gasteiger partial charge in [-0.2, -0.15) is 0 Å². The number of likely N-dealkylation sites (tertiary alicyclic amines) is 1. The highest BCUT2D eigenvalue weighted by atomic mass is 16.3. The van der Waals surface area contributed by atoms with Crippen molar-refractivity contribution < 1.29 is 4.42 Å². The first-order valence-corrected chi connectivity index (χ1v) is 7.75. The van der Waals surface area contributed by atoms with Crippen LogP contribution in [0.3, 0.4) is 0 Å². The number of furan rings is 1. The van der Waals surface area contributed by atoms with E-state index in [-0.39, 0.29) is 12.1 Å². The standard InChI is InChI=1S/C16H29N3O/c1-5-14(17)16(15-7-6-12(2)20-15)19-10-8-13(9-11-19)18(3)4/h6-7,13-14,16H,5,8-11,17H2,1-4H3. The molecule has 2 N–H and O–H groups in total. The van der Waals surface area contributed by atoms with Crippen molar-refractivity contribution in [1.82, 2.24) is 9.80 Å². The molecule has 1 aromatic rings. The van der Waals surface area contributed by atoms with Crippen molar-refractivity contribution in [2.45, 2.75) is 51.2 Å². The van der Waals surface area contributed by atoms with Crippen molar-refractivity contribution >= 4 is 0 Å². The van der Waals surface area contributed by atoms with Gasteiger partial charge in [-0.05, 0) is 52.4 Å². The van der Waals surface area contributed by atoms with Crippen LogP contribution in [0.25, 0.3) is 0 Å². The highest BCUT2D eigenvalue weighted by molar-refractivity contribution is 5.12. The van der Waals surface area contributed by atoms with E-state index < -0.39 is 0 Å².